The van der Waals surface area contributed by atoms with Gasteiger partial charge >= 0.3 is 6.18 Å². The van der Waals surface area contributed by atoms with Gasteiger partial charge in [0.05, 0.1) is 23.5 Å². The summed E-state index contributed by atoms with van der Waals surface area (Å²) in [5.41, 5.74) is 1.04. The molecule has 2 atom stereocenters. The zero-order valence-electron chi connectivity index (χ0n) is 22.6. The molecule has 1 heterocycles. The molecular weight excluding hydrogens is 550 g/mol. The molecule has 1 fully saturated rings. The van der Waals surface area contributed by atoms with E-state index < -0.39 is 40.2 Å². The second kappa shape index (κ2) is 13.6. The number of nitrogens with zero attached hydrogens (tertiary/aromatic N) is 2. The summed E-state index contributed by atoms with van der Waals surface area (Å²) in [5.74, 6) is -1.88. The van der Waals surface area contributed by atoms with Gasteiger partial charge in [-0.15, -0.1) is 0 Å². The number of sulfone groups is 1. The van der Waals surface area contributed by atoms with Crippen LogP contribution in [0.4, 0.5) is 17.6 Å². The average Bonchev–Trinajstić information content (AvgIpc) is 2.86. The molecule has 0 radical (unpaired) electrons. The summed E-state index contributed by atoms with van der Waals surface area (Å²) in [6.45, 7) is 3.32. The quantitative estimate of drug-likeness (QED) is 0.389. The zero-order valence-corrected chi connectivity index (χ0v) is 23.4. The lowest BCUT2D eigenvalue weighted by Gasteiger charge is -2.43. The summed E-state index contributed by atoms with van der Waals surface area (Å²) >= 11 is 0. The Kier molecular flexibility index (Phi) is 10.7. The molecule has 0 saturated carbocycles. The van der Waals surface area contributed by atoms with Gasteiger partial charge in [0.15, 0.2) is 9.84 Å². The molecule has 1 aliphatic rings. The molecule has 2 aromatic carbocycles. The van der Waals surface area contributed by atoms with Crippen molar-refractivity contribution in [3.8, 4) is 0 Å². The summed E-state index contributed by atoms with van der Waals surface area (Å²) in [4.78, 5) is 29.4. The summed E-state index contributed by atoms with van der Waals surface area (Å²) in [7, 11) is -3.35. The van der Waals surface area contributed by atoms with Crippen LogP contribution < -0.4 is 5.32 Å². The first-order chi connectivity index (χ1) is 18.8. The highest BCUT2D eigenvalue weighted by molar-refractivity contribution is 7.90. The lowest BCUT2D eigenvalue weighted by atomic mass is 10.0. The van der Waals surface area contributed by atoms with E-state index in [0.29, 0.717) is 37.2 Å². The van der Waals surface area contributed by atoms with Crippen molar-refractivity contribution in [2.45, 2.75) is 68.7 Å². The van der Waals surface area contributed by atoms with Crippen molar-refractivity contribution in [1.29, 1.82) is 0 Å². The lowest BCUT2D eigenvalue weighted by Crippen LogP contribution is -2.54. The Hall–Kier alpha value is -2.99. The largest absolute Gasteiger partial charge is 0.397 e. The summed E-state index contributed by atoms with van der Waals surface area (Å²) < 4.78 is 75.7. The van der Waals surface area contributed by atoms with Gasteiger partial charge in [0.25, 0.3) is 0 Å². The van der Waals surface area contributed by atoms with Crippen LogP contribution in [0, 0.1) is 5.82 Å². The van der Waals surface area contributed by atoms with Crippen molar-refractivity contribution >= 4 is 21.7 Å². The minimum atomic E-state index is -4.67. The molecule has 0 aromatic heterocycles. The van der Waals surface area contributed by atoms with Gasteiger partial charge < -0.3 is 10.2 Å². The van der Waals surface area contributed by atoms with E-state index in [9.17, 15) is 35.6 Å². The zero-order chi connectivity index (χ0) is 29.5. The smallest absolute Gasteiger partial charge is 0.349 e. The number of hydrogen-bond acceptors (Lipinski definition) is 5. The predicted octanol–water partition coefficient (Wildman–Crippen LogP) is 4.63. The number of benzene rings is 2. The Morgan fingerprint density at radius 1 is 1.12 bits per heavy atom. The number of nitrogens with one attached hydrogen (secondary N) is 1. The van der Waals surface area contributed by atoms with E-state index in [4.69, 9.17) is 0 Å². The summed E-state index contributed by atoms with van der Waals surface area (Å²) in [6, 6.07) is 10.8. The molecule has 220 valence electrons. The van der Waals surface area contributed by atoms with Gasteiger partial charge in [-0.25, -0.2) is 12.8 Å². The Labute approximate surface area is 232 Å². The lowest BCUT2D eigenvalue weighted by molar-refractivity contribution is -0.154. The van der Waals surface area contributed by atoms with E-state index in [0.717, 1.165) is 19.1 Å². The van der Waals surface area contributed by atoms with Crippen LogP contribution in [0.25, 0.3) is 0 Å². The Balaban J connectivity index is 1.73. The molecule has 40 heavy (non-hydrogen) atoms. The Morgan fingerprint density at radius 2 is 1.82 bits per heavy atom. The van der Waals surface area contributed by atoms with Crippen LogP contribution in [0.2, 0.25) is 0 Å². The van der Waals surface area contributed by atoms with Gasteiger partial charge in [0.1, 0.15) is 12.2 Å². The van der Waals surface area contributed by atoms with E-state index in [2.05, 4.69) is 10.2 Å². The van der Waals surface area contributed by atoms with Crippen LogP contribution in [0.1, 0.15) is 56.2 Å². The predicted molar refractivity (Wildman–Crippen MR) is 142 cm³/mol. The molecule has 1 aliphatic heterocycles. The van der Waals surface area contributed by atoms with Crippen LogP contribution in [0.5, 0.6) is 0 Å². The van der Waals surface area contributed by atoms with Gasteiger partial charge in [0.2, 0.25) is 11.8 Å². The fourth-order valence-electron chi connectivity index (χ4n) is 5.04. The first kappa shape index (κ1) is 31.5. The number of hydrogen-bond donors (Lipinski definition) is 1. The molecule has 1 N–H and O–H groups in total. The second-order valence-corrected chi connectivity index (χ2v) is 12.1. The van der Waals surface area contributed by atoms with Crippen LogP contribution in [0.3, 0.4) is 0 Å². The molecule has 2 amide bonds. The molecule has 7 nitrogen and oxygen atoms in total. The molecule has 0 aliphatic carbocycles. The first-order valence-electron chi connectivity index (χ1n) is 13.2. The van der Waals surface area contributed by atoms with Gasteiger partial charge in [-0.2, -0.15) is 13.2 Å². The van der Waals surface area contributed by atoms with Crippen LogP contribution >= 0.6 is 0 Å². The third kappa shape index (κ3) is 9.29. The number of amides is 2. The van der Waals surface area contributed by atoms with Crippen LogP contribution in [-0.4, -0.2) is 68.3 Å². The summed E-state index contributed by atoms with van der Waals surface area (Å²) in [6.07, 6.45) is -2.65. The normalized spacial score (nSPS) is 17.3. The number of likely N-dealkylation sites (tertiary alicyclic amines) is 1. The van der Waals surface area contributed by atoms with Gasteiger partial charge in [-0.1, -0.05) is 24.3 Å². The number of alkyl halides is 3. The van der Waals surface area contributed by atoms with Gasteiger partial charge in [-0.3, -0.25) is 14.5 Å². The van der Waals surface area contributed by atoms with E-state index >= 15 is 0 Å². The fraction of sp³-hybridized carbons (Fsp3) is 0.500. The highest BCUT2D eigenvalue weighted by atomic mass is 32.2. The van der Waals surface area contributed by atoms with E-state index in [1.807, 2.05) is 6.92 Å². The molecule has 3 rings (SSSR count). The van der Waals surface area contributed by atoms with Gasteiger partial charge in [0, 0.05) is 25.9 Å². The van der Waals surface area contributed by atoms with Gasteiger partial charge in [-0.05, 0) is 68.0 Å². The first-order valence-corrected chi connectivity index (χ1v) is 15.1. The topological polar surface area (TPSA) is 86.8 Å². The molecule has 1 unspecified atom stereocenters. The Morgan fingerprint density at radius 3 is 2.42 bits per heavy atom. The standard InChI is InChI=1S/C28H35F4N3O4S/c1-3-35(27(37)17-20-10-12-23(13-11-20)40(2,38)39)26-9-4-5-15-34(26)16-14-24(21-7-6-8-22(29)18-21)33-25(36)19-28(30,31)32/h6-8,10-13,18,24,26H,3-5,9,14-17,19H2,1-2H3,(H,33,36)/t24?,26-/m0/s1. The van der Waals surface area contributed by atoms with Crippen LogP contribution in [0.15, 0.2) is 53.4 Å². The maximum Gasteiger partial charge on any atom is 0.397 e. The number of rotatable bonds is 11. The SMILES string of the molecule is CCN(C(=O)Cc1ccc(S(C)(=O)=O)cc1)[C@H]1CCCCN1CCC(NC(=O)CC(F)(F)F)c1cccc(F)c1. The highest BCUT2D eigenvalue weighted by Crippen LogP contribution is 2.26. The minimum Gasteiger partial charge on any atom is -0.349 e. The molecular formula is C28H35F4N3O4S. The van der Waals surface area contributed by atoms with E-state index in [-0.39, 0.29) is 29.8 Å². The molecule has 12 heteroatoms. The maximum absolute atomic E-state index is 13.9. The number of halogens is 4. The van der Waals surface area contributed by atoms with E-state index in [1.54, 1.807) is 23.1 Å². The van der Waals surface area contributed by atoms with Crippen molar-refractivity contribution in [2.24, 2.45) is 0 Å². The summed E-state index contributed by atoms with van der Waals surface area (Å²) in [5, 5.41) is 2.41. The Bertz CT molecular complexity index is 1270. The third-order valence-electron chi connectivity index (χ3n) is 6.96. The minimum absolute atomic E-state index is 0.0850. The van der Waals surface area contributed by atoms with Crippen molar-refractivity contribution in [3.63, 3.8) is 0 Å². The number of likely N-dealkylation sites (N-methyl/N-ethyl adjacent to an activating group) is 1. The number of carbonyl (C=O) groups excluding carboxylic acids is 2. The van der Waals surface area contributed by atoms with Crippen molar-refractivity contribution in [3.05, 3.63) is 65.5 Å². The molecule has 1 saturated heterocycles. The number of carbonyl (C=O) groups is 2. The van der Waals surface area contributed by atoms with Crippen molar-refractivity contribution in [1.82, 2.24) is 15.1 Å². The highest BCUT2D eigenvalue weighted by Gasteiger charge is 2.33. The van der Waals surface area contributed by atoms with Crippen molar-refractivity contribution < 1.29 is 35.6 Å². The number of piperidine rings is 1. The monoisotopic (exact) mass is 585 g/mol. The van der Waals surface area contributed by atoms with Crippen molar-refractivity contribution in [2.75, 3.05) is 25.9 Å². The van der Waals surface area contributed by atoms with Crippen LogP contribution in [-0.2, 0) is 25.8 Å². The molecule has 0 bridgehead atoms. The third-order valence-corrected chi connectivity index (χ3v) is 8.09. The molecule has 0 spiro atoms. The maximum atomic E-state index is 13.9. The fourth-order valence-corrected chi connectivity index (χ4v) is 5.67. The average molecular weight is 586 g/mol. The van der Waals surface area contributed by atoms with E-state index in [1.165, 1.54) is 30.3 Å². The second-order valence-electron chi connectivity index (χ2n) is 10.0. The molecule has 2 aromatic rings.